The highest BCUT2D eigenvalue weighted by Gasteiger charge is 2.43. The van der Waals surface area contributed by atoms with Crippen LogP contribution in [-0.4, -0.2) is 27.2 Å². The first kappa shape index (κ1) is 12.1. The van der Waals surface area contributed by atoms with E-state index in [4.69, 9.17) is 15.3 Å². The van der Waals surface area contributed by atoms with Gasteiger partial charge in [-0.05, 0) is 19.1 Å². The quantitative estimate of drug-likeness (QED) is 0.597. The normalized spacial score (nSPS) is 18.1. The van der Waals surface area contributed by atoms with Crippen LogP contribution >= 0.6 is 0 Å². The van der Waals surface area contributed by atoms with E-state index in [0.717, 1.165) is 5.56 Å². The molecule has 1 aromatic carbocycles. The Bertz CT molecular complexity index is 547. The molecule has 1 fully saturated rings. The lowest BCUT2D eigenvalue weighted by atomic mass is 10.1. The zero-order chi connectivity index (χ0) is 12.5. The number of ether oxygens (including phenoxy) is 1. The zero-order valence-electron chi connectivity index (χ0n) is 9.34. The molecule has 0 amide bonds. The molecule has 1 aliphatic rings. The average molecular weight is 252 g/mol. The van der Waals surface area contributed by atoms with Crippen LogP contribution in [0.5, 0.6) is 0 Å². The van der Waals surface area contributed by atoms with Crippen LogP contribution in [0.15, 0.2) is 29.2 Å². The van der Waals surface area contributed by atoms with Gasteiger partial charge in [0, 0.05) is 0 Å². The maximum Gasteiger partial charge on any atom is 0.298 e. The Morgan fingerprint density at radius 3 is 2.35 bits per heavy atom. The SMILES string of the molecule is C#CC1(OS(=O)(=O)c2ccc(C)cc2)COC1. The van der Waals surface area contributed by atoms with Crippen LogP contribution in [0.3, 0.4) is 0 Å². The molecule has 5 heteroatoms. The van der Waals surface area contributed by atoms with Crippen molar-refractivity contribution in [3.63, 3.8) is 0 Å². The third-order valence-electron chi connectivity index (χ3n) is 2.51. The minimum absolute atomic E-state index is 0.102. The van der Waals surface area contributed by atoms with E-state index in [-0.39, 0.29) is 18.1 Å². The summed E-state index contributed by atoms with van der Waals surface area (Å²) >= 11 is 0. The maximum atomic E-state index is 11.9. The van der Waals surface area contributed by atoms with E-state index in [2.05, 4.69) is 5.92 Å². The van der Waals surface area contributed by atoms with Crippen LogP contribution < -0.4 is 0 Å². The Hall–Kier alpha value is -1.35. The van der Waals surface area contributed by atoms with Crippen molar-refractivity contribution < 1.29 is 17.3 Å². The highest BCUT2D eigenvalue weighted by Crippen LogP contribution is 2.26. The van der Waals surface area contributed by atoms with Gasteiger partial charge in [-0.2, -0.15) is 8.42 Å². The minimum atomic E-state index is -3.83. The fraction of sp³-hybridized carbons (Fsp3) is 0.333. The molecule has 90 valence electrons. The van der Waals surface area contributed by atoms with Gasteiger partial charge >= 0.3 is 0 Å². The molecule has 0 radical (unpaired) electrons. The molecule has 0 atom stereocenters. The molecule has 0 aliphatic carbocycles. The van der Waals surface area contributed by atoms with E-state index in [0.29, 0.717) is 0 Å². The molecule has 0 unspecified atom stereocenters. The van der Waals surface area contributed by atoms with Crippen molar-refractivity contribution in [1.82, 2.24) is 0 Å². The predicted octanol–water partition coefficient (Wildman–Crippen LogP) is 1.10. The molecule has 0 spiro atoms. The van der Waals surface area contributed by atoms with Gasteiger partial charge in [0.2, 0.25) is 0 Å². The maximum absolute atomic E-state index is 11.9. The zero-order valence-corrected chi connectivity index (χ0v) is 10.2. The topological polar surface area (TPSA) is 52.6 Å². The molecule has 1 aliphatic heterocycles. The van der Waals surface area contributed by atoms with E-state index in [9.17, 15) is 8.42 Å². The first-order chi connectivity index (χ1) is 7.97. The van der Waals surface area contributed by atoms with Crippen molar-refractivity contribution in [2.75, 3.05) is 13.2 Å². The Labute approximate surface area is 101 Å². The van der Waals surface area contributed by atoms with Crippen LogP contribution in [-0.2, 0) is 19.0 Å². The van der Waals surface area contributed by atoms with Crippen LogP contribution in [0.25, 0.3) is 0 Å². The standard InChI is InChI=1S/C12H12O4S/c1-3-12(8-15-9-12)16-17(13,14)11-6-4-10(2)5-7-11/h1,4-7H,8-9H2,2H3. The lowest BCUT2D eigenvalue weighted by Gasteiger charge is -2.35. The van der Waals surface area contributed by atoms with Crippen molar-refractivity contribution >= 4 is 10.1 Å². The molecule has 0 saturated carbocycles. The molecule has 17 heavy (non-hydrogen) atoms. The second-order valence-corrected chi connectivity index (χ2v) is 5.53. The molecule has 0 N–H and O–H groups in total. The van der Waals surface area contributed by atoms with E-state index in [1.807, 2.05) is 6.92 Å². The fourth-order valence-electron chi connectivity index (χ4n) is 1.41. The summed E-state index contributed by atoms with van der Waals surface area (Å²) in [4.78, 5) is 0.102. The highest BCUT2D eigenvalue weighted by molar-refractivity contribution is 7.86. The van der Waals surface area contributed by atoms with Crippen molar-refractivity contribution in [1.29, 1.82) is 0 Å². The van der Waals surface area contributed by atoms with Gasteiger partial charge in [0.25, 0.3) is 10.1 Å². The van der Waals surface area contributed by atoms with E-state index < -0.39 is 15.7 Å². The van der Waals surface area contributed by atoms with Gasteiger partial charge in [-0.25, -0.2) is 4.18 Å². The molecule has 1 aromatic rings. The van der Waals surface area contributed by atoms with E-state index in [1.165, 1.54) is 12.1 Å². The van der Waals surface area contributed by atoms with Crippen LogP contribution in [0.4, 0.5) is 0 Å². The molecule has 2 rings (SSSR count). The predicted molar refractivity (Wildman–Crippen MR) is 61.8 cm³/mol. The monoisotopic (exact) mass is 252 g/mol. The van der Waals surface area contributed by atoms with Gasteiger partial charge in [-0.15, -0.1) is 6.42 Å². The lowest BCUT2D eigenvalue weighted by molar-refractivity contribution is -0.122. The summed E-state index contributed by atoms with van der Waals surface area (Å²) in [6.45, 7) is 2.09. The average Bonchev–Trinajstić information content (AvgIpc) is 2.24. The number of terminal acetylenes is 1. The molecule has 1 heterocycles. The van der Waals surface area contributed by atoms with E-state index >= 15 is 0 Å². The minimum Gasteiger partial charge on any atom is -0.373 e. The summed E-state index contributed by atoms with van der Waals surface area (Å²) in [6.07, 6.45) is 5.26. The first-order valence-electron chi connectivity index (χ1n) is 5.05. The Kier molecular flexibility index (Phi) is 2.96. The van der Waals surface area contributed by atoms with Gasteiger partial charge < -0.3 is 4.74 Å². The molecule has 0 aromatic heterocycles. The van der Waals surface area contributed by atoms with Gasteiger partial charge in [0.05, 0.1) is 18.1 Å². The molecule has 4 nitrogen and oxygen atoms in total. The Morgan fingerprint density at radius 1 is 1.35 bits per heavy atom. The number of rotatable bonds is 3. The third-order valence-corrected chi connectivity index (χ3v) is 3.90. The second-order valence-electron chi connectivity index (χ2n) is 3.98. The molecular weight excluding hydrogens is 240 g/mol. The van der Waals surface area contributed by atoms with Crippen LogP contribution in [0.1, 0.15) is 5.56 Å². The highest BCUT2D eigenvalue weighted by atomic mass is 32.2. The summed E-state index contributed by atoms with van der Waals surface area (Å²) in [5.74, 6) is 2.33. The second kappa shape index (κ2) is 4.15. The third kappa shape index (κ3) is 2.34. The largest absolute Gasteiger partial charge is 0.373 e. The number of hydrogen-bond donors (Lipinski definition) is 0. The summed E-state index contributed by atoms with van der Waals surface area (Å²) in [6, 6.07) is 6.40. The number of benzene rings is 1. The first-order valence-corrected chi connectivity index (χ1v) is 6.46. The van der Waals surface area contributed by atoms with Crippen LogP contribution in [0.2, 0.25) is 0 Å². The van der Waals surface area contributed by atoms with Crippen LogP contribution in [0, 0.1) is 19.3 Å². The molecule has 0 bridgehead atoms. The van der Waals surface area contributed by atoms with Gasteiger partial charge in [0.15, 0.2) is 5.60 Å². The van der Waals surface area contributed by atoms with Crippen molar-refractivity contribution in [2.24, 2.45) is 0 Å². The molecular formula is C12H12O4S. The van der Waals surface area contributed by atoms with Gasteiger partial charge in [0.1, 0.15) is 0 Å². The van der Waals surface area contributed by atoms with E-state index in [1.54, 1.807) is 12.1 Å². The lowest BCUT2D eigenvalue weighted by Crippen LogP contribution is -2.51. The summed E-state index contributed by atoms with van der Waals surface area (Å²) < 4.78 is 33.8. The summed E-state index contributed by atoms with van der Waals surface area (Å²) in [5.41, 5.74) is -0.161. The number of hydrogen-bond acceptors (Lipinski definition) is 4. The molecule has 1 saturated heterocycles. The summed E-state index contributed by atoms with van der Waals surface area (Å²) in [5, 5.41) is 0. The summed E-state index contributed by atoms with van der Waals surface area (Å²) in [7, 11) is -3.83. The fourth-order valence-corrected chi connectivity index (χ4v) is 2.54. The Balaban J connectivity index is 2.26. The van der Waals surface area contributed by atoms with Crippen molar-refractivity contribution in [3.8, 4) is 12.3 Å². The Morgan fingerprint density at radius 2 is 1.94 bits per heavy atom. The van der Waals surface area contributed by atoms with Crippen molar-refractivity contribution in [3.05, 3.63) is 29.8 Å². The number of aryl methyl sites for hydroxylation is 1. The van der Waals surface area contributed by atoms with Gasteiger partial charge in [-0.1, -0.05) is 23.6 Å². The smallest absolute Gasteiger partial charge is 0.298 e. The van der Waals surface area contributed by atoms with Crippen molar-refractivity contribution in [2.45, 2.75) is 17.4 Å². The van der Waals surface area contributed by atoms with Gasteiger partial charge in [-0.3, -0.25) is 0 Å².